The number of hydrogen-bond donors (Lipinski definition) is 1. The molecule has 0 spiro atoms. The Morgan fingerprint density at radius 2 is 2.11 bits per heavy atom. The molecule has 4 heteroatoms. The van der Waals surface area contributed by atoms with Gasteiger partial charge < -0.3 is 10.2 Å². The monoisotopic (exact) mass is 268 g/mol. The molecule has 2 rings (SSSR count). The first-order valence-electron chi connectivity index (χ1n) is 7.01. The van der Waals surface area contributed by atoms with Crippen molar-refractivity contribution in [2.45, 2.75) is 38.3 Å². The van der Waals surface area contributed by atoms with Crippen LogP contribution >= 0.6 is 0 Å². The number of hydrogen-bond acceptors (Lipinski definition) is 2. The average Bonchev–Trinajstić information content (AvgIpc) is 2.42. The van der Waals surface area contributed by atoms with E-state index in [1.165, 1.54) is 31.4 Å². The van der Waals surface area contributed by atoms with E-state index in [-0.39, 0.29) is 0 Å². The van der Waals surface area contributed by atoms with Gasteiger partial charge in [0.15, 0.2) is 11.6 Å². The number of benzene rings is 1. The Bertz CT molecular complexity index is 403. The predicted molar refractivity (Wildman–Crippen MR) is 73.0 cm³/mol. The predicted octanol–water partition coefficient (Wildman–Crippen LogP) is 2.93. The smallest absolute Gasteiger partial charge is 0.159 e. The molecule has 1 atom stereocenters. The summed E-state index contributed by atoms with van der Waals surface area (Å²) in [7, 11) is 2.02. The van der Waals surface area contributed by atoms with Crippen molar-refractivity contribution < 1.29 is 8.78 Å². The van der Waals surface area contributed by atoms with Crippen LogP contribution in [0.5, 0.6) is 0 Å². The van der Waals surface area contributed by atoms with E-state index < -0.39 is 11.6 Å². The first kappa shape index (κ1) is 14.4. The number of nitrogens with zero attached hydrogens (tertiary/aromatic N) is 1. The molecule has 0 amide bonds. The maximum atomic E-state index is 13.1. The topological polar surface area (TPSA) is 15.3 Å². The van der Waals surface area contributed by atoms with E-state index in [9.17, 15) is 8.78 Å². The molecule has 1 aromatic rings. The van der Waals surface area contributed by atoms with Crippen LogP contribution in [0.15, 0.2) is 18.2 Å². The van der Waals surface area contributed by atoms with Gasteiger partial charge in [0.1, 0.15) is 0 Å². The molecule has 1 aliphatic rings. The summed E-state index contributed by atoms with van der Waals surface area (Å²) in [6, 6.07) is 4.74. The van der Waals surface area contributed by atoms with Gasteiger partial charge in [-0.15, -0.1) is 0 Å². The molecular formula is C15H22F2N2. The summed E-state index contributed by atoms with van der Waals surface area (Å²) in [5.74, 6) is -1.54. The third-order valence-electron chi connectivity index (χ3n) is 3.71. The van der Waals surface area contributed by atoms with Crippen LogP contribution in [0.1, 0.15) is 31.2 Å². The maximum absolute atomic E-state index is 13.1. The zero-order valence-corrected chi connectivity index (χ0v) is 11.5. The Balaban J connectivity index is 1.76. The highest BCUT2D eigenvalue weighted by Gasteiger charge is 2.13. The third kappa shape index (κ3) is 4.55. The minimum Gasteiger partial charge on any atom is -0.314 e. The molecule has 1 aromatic carbocycles. The van der Waals surface area contributed by atoms with Gasteiger partial charge in [-0.25, -0.2) is 8.78 Å². The van der Waals surface area contributed by atoms with Gasteiger partial charge in [-0.1, -0.05) is 12.5 Å². The molecule has 1 aliphatic heterocycles. The summed E-state index contributed by atoms with van der Waals surface area (Å²) in [5.41, 5.74) is 0.818. The van der Waals surface area contributed by atoms with Crippen molar-refractivity contribution in [3.05, 3.63) is 35.4 Å². The Hall–Kier alpha value is -1.00. The van der Waals surface area contributed by atoms with Gasteiger partial charge in [-0.3, -0.25) is 0 Å². The maximum Gasteiger partial charge on any atom is 0.159 e. The van der Waals surface area contributed by atoms with Gasteiger partial charge in [0, 0.05) is 12.6 Å². The van der Waals surface area contributed by atoms with Crippen molar-refractivity contribution in [2.75, 3.05) is 20.1 Å². The minimum atomic E-state index is -0.780. The minimum absolute atomic E-state index is 0.612. The highest BCUT2D eigenvalue weighted by Crippen LogP contribution is 2.13. The largest absolute Gasteiger partial charge is 0.314 e. The van der Waals surface area contributed by atoms with Crippen LogP contribution in [0.25, 0.3) is 0 Å². The molecule has 106 valence electrons. The number of rotatable bonds is 5. The summed E-state index contributed by atoms with van der Waals surface area (Å²) < 4.78 is 25.9. The highest BCUT2D eigenvalue weighted by molar-refractivity contribution is 5.17. The van der Waals surface area contributed by atoms with Crippen molar-refractivity contribution in [1.29, 1.82) is 0 Å². The summed E-state index contributed by atoms with van der Waals surface area (Å²) >= 11 is 0. The molecule has 1 heterocycles. The summed E-state index contributed by atoms with van der Waals surface area (Å²) in [5, 5.41) is 3.52. The van der Waals surface area contributed by atoms with E-state index in [0.29, 0.717) is 12.6 Å². The van der Waals surface area contributed by atoms with Crippen LogP contribution in [-0.2, 0) is 6.54 Å². The second-order valence-electron chi connectivity index (χ2n) is 5.42. The van der Waals surface area contributed by atoms with Gasteiger partial charge in [-0.2, -0.15) is 0 Å². The molecule has 2 nitrogen and oxygen atoms in total. The van der Waals surface area contributed by atoms with E-state index in [4.69, 9.17) is 0 Å². The summed E-state index contributed by atoms with van der Waals surface area (Å²) in [4.78, 5) is 2.16. The molecule has 0 aliphatic carbocycles. The van der Waals surface area contributed by atoms with Gasteiger partial charge in [0.25, 0.3) is 0 Å². The van der Waals surface area contributed by atoms with Crippen molar-refractivity contribution in [3.63, 3.8) is 0 Å². The van der Waals surface area contributed by atoms with Crippen molar-refractivity contribution >= 4 is 0 Å². The van der Waals surface area contributed by atoms with Crippen LogP contribution in [0.2, 0.25) is 0 Å². The zero-order chi connectivity index (χ0) is 13.7. The lowest BCUT2D eigenvalue weighted by molar-refractivity contribution is 0.281. The first-order valence-corrected chi connectivity index (χ1v) is 7.01. The Morgan fingerprint density at radius 3 is 2.79 bits per heavy atom. The standard InChI is InChI=1S/C15H22F2N2/c1-19(9-7-13-4-2-3-8-18-13)11-12-5-6-14(16)15(17)10-12/h5-6,10,13,18H,2-4,7-9,11H2,1H3. The van der Waals surface area contributed by atoms with Gasteiger partial charge >= 0.3 is 0 Å². The quantitative estimate of drug-likeness (QED) is 0.883. The fourth-order valence-electron chi connectivity index (χ4n) is 2.58. The van der Waals surface area contributed by atoms with E-state index in [1.807, 2.05) is 7.05 Å². The van der Waals surface area contributed by atoms with Crippen LogP contribution in [0, 0.1) is 11.6 Å². The molecular weight excluding hydrogens is 246 g/mol. The van der Waals surface area contributed by atoms with E-state index in [0.717, 1.165) is 25.1 Å². The van der Waals surface area contributed by atoms with Crippen molar-refractivity contribution in [2.24, 2.45) is 0 Å². The Kier molecular flexibility index (Phi) is 5.28. The Labute approximate surface area is 113 Å². The molecule has 1 fully saturated rings. The fourth-order valence-corrected chi connectivity index (χ4v) is 2.58. The fraction of sp³-hybridized carbons (Fsp3) is 0.600. The molecule has 0 bridgehead atoms. The molecule has 19 heavy (non-hydrogen) atoms. The molecule has 1 unspecified atom stereocenters. The second-order valence-corrected chi connectivity index (χ2v) is 5.42. The highest BCUT2D eigenvalue weighted by atomic mass is 19.2. The number of halogens is 2. The molecule has 1 N–H and O–H groups in total. The molecule has 0 radical (unpaired) electrons. The van der Waals surface area contributed by atoms with Gasteiger partial charge in [0.05, 0.1) is 0 Å². The lowest BCUT2D eigenvalue weighted by atomic mass is 10.0. The second kappa shape index (κ2) is 6.96. The SMILES string of the molecule is CN(CCC1CCCCN1)Cc1ccc(F)c(F)c1. The van der Waals surface area contributed by atoms with E-state index >= 15 is 0 Å². The molecule has 0 aromatic heterocycles. The van der Waals surface area contributed by atoms with Crippen LogP contribution < -0.4 is 5.32 Å². The van der Waals surface area contributed by atoms with E-state index in [2.05, 4.69) is 10.2 Å². The zero-order valence-electron chi connectivity index (χ0n) is 11.5. The third-order valence-corrected chi connectivity index (χ3v) is 3.71. The average molecular weight is 268 g/mol. The van der Waals surface area contributed by atoms with Gasteiger partial charge in [-0.05, 0) is 57.1 Å². The van der Waals surface area contributed by atoms with E-state index in [1.54, 1.807) is 6.07 Å². The van der Waals surface area contributed by atoms with Crippen LogP contribution in [0.4, 0.5) is 8.78 Å². The summed E-state index contributed by atoms with van der Waals surface area (Å²) in [6.07, 6.45) is 4.95. The summed E-state index contributed by atoms with van der Waals surface area (Å²) in [6.45, 7) is 2.75. The Morgan fingerprint density at radius 1 is 1.26 bits per heavy atom. The van der Waals surface area contributed by atoms with Crippen molar-refractivity contribution in [3.8, 4) is 0 Å². The first-order chi connectivity index (χ1) is 9.15. The normalized spacial score (nSPS) is 19.9. The van der Waals surface area contributed by atoms with Crippen LogP contribution in [0.3, 0.4) is 0 Å². The number of piperidine rings is 1. The van der Waals surface area contributed by atoms with Crippen molar-refractivity contribution in [1.82, 2.24) is 10.2 Å². The number of nitrogens with one attached hydrogen (secondary N) is 1. The molecule has 0 saturated carbocycles. The molecule has 1 saturated heterocycles. The van der Waals surface area contributed by atoms with Crippen LogP contribution in [-0.4, -0.2) is 31.1 Å². The van der Waals surface area contributed by atoms with Gasteiger partial charge in [0.2, 0.25) is 0 Å². The lowest BCUT2D eigenvalue weighted by Crippen LogP contribution is -2.36. The lowest BCUT2D eigenvalue weighted by Gasteiger charge is -2.26.